The minimum absolute atomic E-state index is 0.0166. The molecule has 0 bridgehead atoms. The Kier molecular flexibility index (Phi) is 6.31. The van der Waals surface area contributed by atoms with Crippen LogP contribution in [0.1, 0.15) is 54.5 Å². The van der Waals surface area contributed by atoms with Gasteiger partial charge in [-0.25, -0.2) is 14.2 Å². The number of amides is 2. The molecule has 4 rings (SSSR count). The number of hydrogen-bond acceptors (Lipinski definition) is 7. The van der Waals surface area contributed by atoms with Crippen molar-refractivity contribution in [3.8, 4) is 10.7 Å². The summed E-state index contributed by atoms with van der Waals surface area (Å²) in [7, 11) is 1.31. The van der Waals surface area contributed by atoms with Crippen LogP contribution in [0, 0.1) is 11.7 Å². The van der Waals surface area contributed by atoms with Crippen LogP contribution >= 0.6 is 11.3 Å². The highest BCUT2D eigenvalue weighted by Gasteiger charge is 2.41. The summed E-state index contributed by atoms with van der Waals surface area (Å²) in [5, 5.41) is 0. The van der Waals surface area contributed by atoms with Gasteiger partial charge in [0.05, 0.1) is 35.0 Å². The molecule has 3 N–H and O–H groups in total. The van der Waals surface area contributed by atoms with Crippen molar-refractivity contribution in [3.63, 3.8) is 0 Å². The summed E-state index contributed by atoms with van der Waals surface area (Å²) >= 11 is 1.36. The van der Waals surface area contributed by atoms with Crippen LogP contribution < -0.4 is 5.73 Å². The number of aromatic nitrogens is 2. The molecular formula is C24H27FN4O5S. The number of carbonyl (C=O) groups is 3. The number of esters is 1. The number of H-pyrrole nitrogens is 1. The van der Waals surface area contributed by atoms with E-state index in [9.17, 15) is 18.8 Å². The molecule has 3 aromatic rings. The van der Waals surface area contributed by atoms with E-state index in [0.717, 1.165) is 21.4 Å². The number of thiophene rings is 1. The molecule has 1 aliphatic rings. The van der Waals surface area contributed by atoms with Gasteiger partial charge in [-0.05, 0) is 57.9 Å². The van der Waals surface area contributed by atoms with Gasteiger partial charge in [0.15, 0.2) is 0 Å². The molecule has 2 aromatic heterocycles. The number of ether oxygens (including phenoxy) is 2. The smallest absolute Gasteiger partial charge is 0.410 e. The lowest BCUT2D eigenvalue weighted by atomic mass is 9.92. The van der Waals surface area contributed by atoms with Crippen LogP contribution in [-0.4, -0.2) is 52.1 Å². The molecule has 2 amide bonds. The Morgan fingerprint density at radius 3 is 2.63 bits per heavy atom. The molecule has 2 unspecified atom stereocenters. The summed E-state index contributed by atoms with van der Waals surface area (Å²) in [5.74, 6) is -2.05. The molecule has 1 aromatic carbocycles. The molecule has 0 saturated heterocycles. The van der Waals surface area contributed by atoms with Gasteiger partial charge in [-0.15, -0.1) is 11.3 Å². The second-order valence-corrected chi connectivity index (χ2v) is 10.6. The number of rotatable bonds is 4. The highest BCUT2D eigenvalue weighted by Crippen LogP contribution is 2.44. The average Bonchev–Trinajstić information content (AvgIpc) is 3.39. The van der Waals surface area contributed by atoms with Crippen LogP contribution in [0.4, 0.5) is 9.18 Å². The van der Waals surface area contributed by atoms with Gasteiger partial charge in [0.1, 0.15) is 22.8 Å². The van der Waals surface area contributed by atoms with Crippen molar-refractivity contribution in [2.45, 2.75) is 45.8 Å². The van der Waals surface area contributed by atoms with Gasteiger partial charge in [0, 0.05) is 11.4 Å². The Hall–Kier alpha value is -3.47. The zero-order valence-electron chi connectivity index (χ0n) is 20.1. The molecule has 35 heavy (non-hydrogen) atoms. The van der Waals surface area contributed by atoms with Gasteiger partial charge in [0.25, 0.3) is 5.91 Å². The zero-order valence-corrected chi connectivity index (χ0v) is 20.9. The second kappa shape index (κ2) is 8.95. The Morgan fingerprint density at radius 1 is 1.29 bits per heavy atom. The number of hydrogen-bond donors (Lipinski definition) is 2. The molecular weight excluding hydrogens is 475 g/mol. The van der Waals surface area contributed by atoms with Crippen LogP contribution in [0.3, 0.4) is 0 Å². The third-order valence-electron chi connectivity index (χ3n) is 5.79. The number of benzene rings is 1. The summed E-state index contributed by atoms with van der Waals surface area (Å²) in [6.45, 7) is 7.43. The standard InChI is InChI=1S/C24H27FN4O5S/c1-11(22(31)33-5)18-19-12(6-7-29(18)23(32)34-24(2,3)4)8-16(35-19)21-27-15-10-13(25)9-14(20(26)30)17(15)28-21/h8-11,18H,6-7H2,1-5H3,(H2,26,30)(H,27,28). The maximum atomic E-state index is 14.0. The van der Waals surface area contributed by atoms with E-state index < -0.39 is 41.3 Å². The van der Waals surface area contributed by atoms with E-state index in [4.69, 9.17) is 15.2 Å². The number of fused-ring (bicyclic) bond motifs is 2. The normalized spacial score (nSPS) is 16.6. The van der Waals surface area contributed by atoms with E-state index >= 15 is 0 Å². The summed E-state index contributed by atoms with van der Waals surface area (Å²) in [6.07, 6.45) is 0.0424. The topological polar surface area (TPSA) is 128 Å². The first-order valence-electron chi connectivity index (χ1n) is 11.1. The Labute approximate surface area is 205 Å². The van der Waals surface area contributed by atoms with Gasteiger partial charge in [-0.2, -0.15) is 0 Å². The van der Waals surface area contributed by atoms with Gasteiger partial charge < -0.3 is 20.2 Å². The lowest BCUT2D eigenvalue weighted by Crippen LogP contribution is -2.46. The lowest BCUT2D eigenvalue weighted by molar-refractivity contribution is -0.147. The fourth-order valence-electron chi connectivity index (χ4n) is 4.25. The minimum Gasteiger partial charge on any atom is -0.469 e. The number of primary amides is 1. The monoisotopic (exact) mass is 502 g/mol. The van der Waals surface area contributed by atoms with Crippen molar-refractivity contribution in [2.75, 3.05) is 13.7 Å². The van der Waals surface area contributed by atoms with Crippen molar-refractivity contribution < 1.29 is 28.2 Å². The fraction of sp³-hybridized carbons (Fsp3) is 0.417. The quantitative estimate of drug-likeness (QED) is 0.516. The first-order valence-corrected chi connectivity index (χ1v) is 11.9. The van der Waals surface area contributed by atoms with E-state index in [2.05, 4.69) is 9.97 Å². The summed E-state index contributed by atoms with van der Waals surface area (Å²) < 4.78 is 24.6. The van der Waals surface area contributed by atoms with Crippen LogP contribution in [0.2, 0.25) is 0 Å². The zero-order chi connectivity index (χ0) is 25.7. The highest BCUT2D eigenvalue weighted by molar-refractivity contribution is 7.15. The van der Waals surface area contributed by atoms with Gasteiger partial charge in [-0.1, -0.05) is 0 Å². The van der Waals surface area contributed by atoms with Crippen LogP contribution in [-0.2, 0) is 20.7 Å². The van der Waals surface area contributed by atoms with Crippen molar-refractivity contribution >= 4 is 40.3 Å². The van der Waals surface area contributed by atoms with Crippen molar-refractivity contribution in [1.82, 2.24) is 14.9 Å². The lowest BCUT2D eigenvalue weighted by Gasteiger charge is -2.38. The molecule has 0 radical (unpaired) electrons. The maximum Gasteiger partial charge on any atom is 0.410 e. The number of aromatic amines is 1. The molecule has 1 aliphatic heterocycles. The number of nitrogens with two attached hydrogens (primary N) is 1. The van der Waals surface area contributed by atoms with E-state index in [1.54, 1.807) is 32.6 Å². The van der Waals surface area contributed by atoms with Crippen LogP contribution in [0.25, 0.3) is 21.7 Å². The van der Waals surface area contributed by atoms with Crippen molar-refractivity contribution in [2.24, 2.45) is 11.7 Å². The number of nitrogens with zero attached hydrogens (tertiary/aromatic N) is 2. The number of halogens is 1. The first-order chi connectivity index (χ1) is 16.4. The third-order valence-corrected chi connectivity index (χ3v) is 7.05. The number of methoxy groups -OCH3 is 1. The number of nitrogens with one attached hydrogen (secondary N) is 1. The largest absolute Gasteiger partial charge is 0.469 e. The van der Waals surface area contributed by atoms with Crippen molar-refractivity contribution in [3.05, 3.63) is 40.0 Å². The molecule has 0 aliphatic carbocycles. The molecule has 11 heteroatoms. The molecule has 3 heterocycles. The molecule has 186 valence electrons. The molecule has 2 atom stereocenters. The summed E-state index contributed by atoms with van der Waals surface area (Å²) in [5.41, 5.74) is 6.28. The van der Waals surface area contributed by atoms with E-state index in [1.807, 2.05) is 6.07 Å². The second-order valence-electron chi connectivity index (χ2n) is 9.48. The summed E-state index contributed by atoms with van der Waals surface area (Å²) in [6, 6.07) is 3.64. The number of imidazole rings is 1. The Balaban J connectivity index is 1.78. The molecule has 0 spiro atoms. The predicted octanol–water partition coefficient (Wildman–Crippen LogP) is 4.17. The highest BCUT2D eigenvalue weighted by atomic mass is 32.1. The van der Waals surface area contributed by atoms with Gasteiger partial charge in [-0.3, -0.25) is 14.5 Å². The number of carbonyl (C=O) groups excluding carboxylic acids is 3. The predicted molar refractivity (Wildman–Crippen MR) is 128 cm³/mol. The maximum absolute atomic E-state index is 14.0. The van der Waals surface area contributed by atoms with Crippen LogP contribution in [0.15, 0.2) is 18.2 Å². The van der Waals surface area contributed by atoms with Gasteiger partial charge >= 0.3 is 12.1 Å². The average molecular weight is 503 g/mol. The minimum atomic E-state index is -0.780. The fourth-order valence-corrected chi connectivity index (χ4v) is 5.63. The van der Waals surface area contributed by atoms with Gasteiger partial charge in [0.2, 0.25) is 0 Å². The third kappa shape index (κ3) is 4.72. The Bertz CT molecular complexity index is 1330. The van der Waals surface area contributed by atoms with E-state index in [1.165, 1.54) is 24.5 Å². The first kappa shape index (κ1) is 24.6. The SMILES string of the molecule is COC(=O)C(C)C1c2sc(-c3nc4c(C(N)=O)cc(F)cc4[nH]3)cc2CCN1C(=O)OC(C)(C)C. The summed E-state index contributed by atoms with van der Waals surface area (Å²) in [4.78, 5) is 48.0. The molecule has 0 saturated carbocycles. The van der Waals surface area contributed by atoms with Crippen molar-refractivity contribution in [1.29, 1.82) is 0 Å². The van der Waals surface area contributed by atoms with E-state index in [-0.39, 0.29) is 11.1 Å². The molecule has 9 nitrogen and oxygen atoms in total. The Morgan fingerprint density at radius 2 is 2.00 bits per heavy atom. The van der Waals surface area contributed by atoms with E-state index in [0.29, 0.717) is 24.3 Å². The molecule has 0 fully saturated rings. The van der Waals surface area contributed by atoms with Crippen LogP contribution in [0.5, 0.6) is 0 Å².